The van der Waals surface area contributed by atoms with Gasteiger partial charge < -0.3 is 25.0 Å². The molecular weight excluding hydrogens is 326 g/mol. The minimum Gasteiger partial charge on any atom is -0.497 e. The molecule has 1 aliphatic heterocycles. The van der Waals surface area contributed by atoms with Crippen LogP contribution in [0.1, 0.15) is 19.8 Å². The lowest BCUT2D eigenvalue weighted by Crippen LogP contribution is -2.49. The minimum atomic E-state index is -0.735. The number of nitrogens with one attached hydrogen (secondary N) is 2. The molecule has 0 unspecified atom stereocenters. The number of amides is 3. The van der Waals surface area contributed by atoms with E-state index in [2.05, 4.69) is 10.6 Å². The third kappa shape index (κ3) is 5.37. The number of benzene rings is 1. The number of hydrogen-bond acceptors (Lipinski definition) is 5. The van der Waals surface area contributed by atoms with E-state index in [1.165, 1.54) is 7.11 Å². The Balaban J connectivity index is 1.80. The number of rotatable bonds is 4. The van der Waals surface area contributed by atoms with Gasteiger partial charge in [-0.25, -0.2) is 4.79 Å². The third-order valence-electron chi connectivity index (χ3n) is 3.89. The Bertz CT molecular complexity index is 626. The summed E-state index contributed by atoms with van der Waals surface area (Å²) in [5, 5.41) is 5.23. The lowest BCUT2D eigenvalue weighted by atomic mass is 10.1. The van der Waals surface area contributed by atoms with Crippen LogP contribution in [0, 0.1) is 0 Å². The summed E-state index contributed by atoms with van der Waals surface area (Å²) in [6.07, 6.45) is 0.816. The van der Waals surface area contributed by atoms with Crippen LogP contribution >= 0.6 is 0 Å². The molecule has 0 aliphatic carbocycles. The van der Waals surface area contributed by atoms with Gasteiger partial charge in [0.2, 0.25) is 0 Å². The van der Waals surface area contributed by atoms with Crippen molar-refractivity contribution in [3.05, 3.63) is 24.3 Å². The molecule has 8 heteroatoms. The Labute approximate surface area is 146 Å². The quantitative estimate of drug-likeness (QED) is 0.800. The lowest BCUT2D eigenvalue weighted by Gasteiger charge is -2.31. The van der Waals surface area contributed by atoms with Crippen LogP contribution in [0.3, 0.4) is 0 Å². The molecule has 0 radical (unpaired) electrons. The third-order valence-corrected chi connectivity index (χ3v) is 3.89. The molecule has 0 bridgehead atoms. The van der Waals surface area contributed by atoms with Gasteiger partial charge in [0.25, 0.3) is 0 Å². The average Bonchev–Trinajstić information content (AvgIpc) is 2.62. The second-order valence-corrected chi connectivity index (χ2v) is 5.62. The first-order valence-corrected chi connectivity index (χ1v) is 8.21. The standard InChI is InChI=1S/C17H23N3O5/c1-3-25-17(23)20-9-7-12(8-10-20)18-15(21)16(22)19-13-5-4-6-14(11-13)24-2/h4-6,11-12H,3,7-10H2,1-2H3,(H,18,21)(H,19,22). The molecule has 2 rings (SSSR count). The summed E-state index contributed by atoms with van der Waals surface area (Å²) in [6, 6.07) is 6.62. The molecule has 1 aromatic carbocycles. The van der Waals surface area contributed by atoms with Crippen molar-refractivity contribution in [2.24, 2.45) is 0 Å². The van der Waals surface area contributed by atoms with Gasteiger partial charge in [-0.05, 0) is 31.9 Å². The number of nitrogens with zero attached hydrogens (tertiary/aromatic N) is 1. The van der Waals surface area contributed by atoms with E-state index in [1.807, 2.05) is 0 Å². The van der Waals surface area contributed by atoms with E-state index >= 15 is 0 Å². The van der Waals surface area contributed by atoms with Gasteiger partial charge in [0.1, 0.15) is 5.75 Å². The molecule has 0 spiro atoms. The Kier molecular flexibility index (Phi) is 6.62. The average molecular weight is 349 g/mol. The van der Waals surface area contributed by atoms with Crippen LogP contribution in [0.15, 0.2) is 24.3 Å². The van der Waals surface area contributed by atoms with E-state index < -0.39 is 11.8 Å². The van der Waals surface area contributed by atoms with E-state index in [-0.39, 0.29) is 12.1 Å². The topological polar surface area (TPSA) is 97.0 Å². The number of likely N-dealkylation sites (tertiary alicyclic amines) is 1. The van der Waals surface area contributed by atoms with E-state index in [1.54, 1.807) is 36.1 Å². The summed E-state index contributed by atoms with van der Waals surface area (Å²) in [4.78, 5) is 37.3. The predicted molar refractivity (Wildman–Crippen MR) is 91.4 cm³/mol. The van der Waals surface area contributed by atoms with Crippen molar-refractivity contribution in [2.75, 3.05) is 32.1 Å². The first-order chi connectivity index (χ1) is 12.0. The van der Waals surface area contributed by atoms with Crippen LogP contribution in [0.2, 0.25) is 0 Å². The maximum atomic E-state index is 12.0. The normalized spacial score (nSPS) is 14.6. The predicted octanol–water partition coefficient (Wildman–Crippen LogP) is 1.37. The van der Waals surface area contributed by atoms with Crippen LogP contribution in [0.4, 0.5) is 10.5 Å². The summed E-state index contributed by atoms with van der Waals surface area (Å²) in [5.74, 6) is -0.844. The Hall–Kier alpha value is -2.77. The fourth-order valence-corrected chi connectivity index (χ4v) is 2.56. The molecule has 1 fully saturated rings. The number of carbonyl (C=O) groups excluding carboxylic acids is 3. The molecule has 25 heavy (non-hydrogen) atoms. The largest absolute Gasteiger partial charge is 0.497 e. The molecule has 8 nitrogen and oxygen atoms in total. The van der Waals surface area contributed by atoms with Gasteiger partial charge in [-0.3, -0.25) is 9.59 Å². The van der Waals surface area contributed by atoms with Crippen molar-refractivity contribution >= 4 is 23.6 Å². The van der Waals surface area contributed by atoms with Gasteiger partial charge in [0, 0.05) is 30.9 Å². The lowest BCUT2D eigenvalue weighted by molar-refractivity contribution is -0.136. The number of carbonyl (C=O) groups is 3. The first-order valence-electron chi connectivity index (χ1n) is 8.21. The highest BCUT2D eigenvalue weighted by Gasteiger charge is 2.26. The van der Waals surface area contributed by atoms with Crippen molar-refractivity contribution in [2.45, 2.75) is 25.8 Å². The van der Waals surface area contributed by atoms with Gasteiger partial charge in [-0.15, -0.1) is 0 Å². The van der Waals surface area contributed by atoms with Crippen LogP contribution in [0.25, 0.3) is 0 Å². The zero-order valence-electron chi connectivity index (χ0n) is 14.4. The van der Waals surface area contributed by atoms with Crippen molar-refractivity contribution in [3.63, 3.8) is 0 Å². The van der Waals surface area contributed by atoms with Crippen LogP contribution < -0.4 is 15.4 Å². The van der Waals surface area contributed by atoms with Crippen molar-refractivity contribution in [1.82, 2.24) is 10.2 Å². The fraction of sp³-hybridized carbons (Fsp3) is 0.471. The molecule has 0 aromatic heterocycles. The SMILES string of the molecule is CCOC(=O)N1CCC(NC(=O)C(=O)Nc2cccc(OC)c2)CC1. The van der Waals surface area contributed by atoms with E-state index in [9.17, 15) is 14.4 Å². The number of ether oxygens (including phenoxy) is 2. The van der Waals surface area contributed by atoms with Gasteiger partial charge in [0.15, 0.2) is 0 Å². The Morgan fingerprint density at radius 1 is 1.20 bits per heavy atom. The van der Waals surface area contributed by atoms with Crippen molar-refractivity contribution < 1.29 is 23.9 Å². The maximum Gasteiger partial charge on any atom is 0.409 e. The van der Waals surface area contributed by atoms with Crippen molar-refractivity contribution in [1.29, 1.82) is 0 Å². The Morgan fingerprint density at radius 2 is 1.92 bits per heavy atom. The molecule has 1 saturated heterocycles. The van der Waals surface area contributed by atoms with Gasteiger partial charge >= 0.3 is 17.9 Å². The molecular formula is C17H23N3O5. The monoisotopic (exact) mass is 349 g/mol. The number of piperidine rings is 1. The first kappa shape index (κ1) is 18.6. The van der Waals surface area contributed by atoms with Gasteiger partial charge in [-0.2, -0.15) is 0 Å². The summed E-state index contributed by atoms with van der Waals surface area (Å²) in [5.41, 5.74) is 0.483. The van der Waals surface area contributed by atoms with Gasteiger partial charge in [-0.1, -0.05) is 6.07 Å². The molecule has 1 aromatic rings. The van der Waals surface area contributed by atoms with Crippen LogP contribution in [0.5, 0.6) is 5.75 Å². The minimum absolute atomic E-state index is 0.144. The molecule has 0 saturated carbocycles. The molecule has 3 amide bonds. The summed E-state index contributed by atoms with van der Waals surface area (Å²) in [7, 11) is 1.52. The number of anilines is 1. The second-order valence-electron chi connectivity index (χ2n) is 5.62. The molecule has 136 valence electrons. The molecule has 0 atom stereocenters. The Morgan fingerprint density at radius 3 is 2.56 bits per heavy atom. The van der Waals surface area contributed by atoms with Crippen LogP contribution in [-0.4, -0.2) is 55.7 Å². The van der Waals surface area contributed by atoms with Crippen molar-refractivity contribution in [3.8, 4) is 5.75 Å². The zero-order valence-corrected chi connectivity index (χ0v) is 14.4. The zero-order chi connectivity index (χ0) is 18.2. The summed E-state index contributed by atoms with van der Waals surface area (Å²) < 4.78 is 10.0. The molecule has 2 N–H and O–H groups in total. The van der Waals surface area contributed by atoms with E-state index in [0.29, 0.717) is 44.0 Å². The van der Waals surface area contributed by atoms with E-state index in [4.69, 9.17) is 9.47 Å². The fourth-order valence-electron chi connectivity index (χ4n) is 2.56. The maximum absolute atomic E-state index is 12.0. The highest BCUT2D eigenvalue weighted by Crippen LogP contribution is 2.16. The summed E-state index contributed by atoms with van der Waals surface area (Å²) in [6.45, 7) is 3.06. The summed E-state index contributed by atoms with van der Waals surface area (Å²) >= 11 is 0. The second kappa shape index (κ2) is 8.91. The van der Waals surface area contributed by atoms with E-state index in [0.717, 1.165) is 0 Å². The smallest absolute Gasteiger partial charge is 0.409 e. The molecule has 1 heterocycles. The highest BCUT2D eigenvalue weighted by molar-refractivity contribution is 6.39. The number of methoxy groups -OCH3 is 1. The highest BCUT2D eigenvalue weighted by atomic mass is 16.6. The van der Waals surface area contributed by atoms with Gasteiger partial charge in [0.05, 0.1) is 13.7 Å². The van der Waals surface area contributed by atoms with Crippen LogP contribution in [-0.2, 0) is 14.3 Å². The molecule has 1 aliphatic rings. The number of hydrogen-bond donors (Lipinski definition) is 2.